The van der Waals surface area contributed by atoms with E-state index in [1.54, 1.807) is 18.3 Å². The molecule has 0 aliphatic rings. The van der Waals surface area contributed by atoms with Gasteiger partial charge in [-0.15, -0.1) is 0 Å². The molecule has 1 amide bonds. The summed E-state index contributed by atoms with van der Waals surface area (Å²) in [4.78, 5) is 20.5. The van der Waals surface area contributed by atoms with Gasteiger partial charge in [-0.1, -0.05) is 42.4 Å². The van der Waals surface area contributed by atoms with Gasteiger partial charge >= 0.3 is 0 Å². The lowest BCUT2D eigenvalue weighted by Gasteiger charge is -2.07. The van der Waals surface area contributed by atoms with Crippen molar-refractivity contribution in [2.75, 3.05) is 5.32 Å². The molecule has 3 aromatic rings. The standard InChI is InChI=1S/C20H22N4O3/c1-2-17-23-20(27-24-17)10-6-9-18(25)22-16-11-12-19(21-13-16)26-14-15-7-4-3-5-8-15/h3-5,7-8,11-13H,2,6,9-10,14H2,1H3,(H,22,25). The SMILES string of the molecule is CCc1noc(CCCC(=O)Nc2ccc(OCc3ccccc3)nc2)n1. The molecular formula is C20H22N4O3. The van der Waals surface area contributed by atoms with E-state index in [1.807, 2.05) is 37.3 Å². The number of aryl methyl sites for hydroxylation is 2. The number of anilines is 1. The molecule has 0 saturated heterocycles. The molecule has 0 unspecified atom stereocenters. The topological polar surface area (TPSA) is 90.1 Å². The summed E-state index contributed by atoms with van der Waals surface area (Å²) < 4.78 is 10.7. The number of pyridine rings is 1. The molecule has 27 heavy (non-hydrogen) atoms. The molecule has 7 nitrogen and oxygen atoms in total. The average molecular weight is 366 g/mol. The predicted octanol–water partition coefficient (Wildman–Crippen LogP) is 3.57. The maximum Gasteiger partial charge on any atom is 0.226 e. The molecule has 2 heterocycles. The third-order valence-corrected chi connectivity index (χ3v) is 3.87. The number of rotatable bonds is 9. The fraction of sp³-hybridized carbons (Fsp3) is 0.300. The normalized spacial score (nSPS) is 10.6. The van der Waals surface area contributed by atoms with E-state index in [0.29, 0.717) is 49.2 Å². The highest BCUT2D eigenvalue weighted by Crippen LogP contribution is 2.14. The fourth-order valence-electron chi connectivity index (χ4n) is 2.43. The van der Waals surface area contributed by atoms with Gasteiger partial charge in [-0.3, -0.25) is 4.79 Å². The first-order valence-electron chi connectivity index (χ1n) is 8.97. The summed E-state index contributed by atoms with van der Waals surface area (Å²) >= 11 is 0. The molecule has 0 radical (unpaired) electrons. The van der Waals surface area contributed by atoms with Crippen LogP contribution in [0.1, 0.15) is 37.0 Å². The van der Waals surface area contributed by atoms with Crippen LogP contribution in [-0.4, -0.2) is 21.0 Å². The Labute approximate surface area is 157 Å². The minimum absolute atomic E-state index is 0.0787. The van der Waals surface area contributed by atoms with Crippen molar-refractivity contribution < 1.29 is 14.1 Å². The molecule has 140 valence electrons. The molecule has 7 heteroatoms. The summed E-state index contributed by atoms with van der Waals surface area (Å²) in [6.45, 7) is 2.42. The molecular weight excluding hydrogens is 344 g/mol. The fourth-order valence-corrected chi connectivity index (χ4v) is 2.43. The van der Waals surface area contributed by atoms with Crippen LogP contribution in [0.4, 0.5) is 5.69 Å². The van der Waals surface area contributed by atoms with Crippen LogP contribution in [0.3, 0.4) is 0 Å². The van der Waals surface area contributed by atoms with Crippen LogP contribution < -0.4 is 10.1 Å². The number of aromatic nitrogens is 3. The molecule has 2 aromatic heterocycles. The van der Waals surface area contributed by atoms with Crippen molar-refractivity contribution in [3.63, 3.8) is 0 Å². The molecule has 0 aliphatic carbocycles. The minimum Gasteiger partial charge on any atom is -0.473 e. The smallest absolute Gasteiger partial charge is 0.226 e. The van der Waals surface area contributed by atoms with Gasteiger partial charge in [0.25, 0.3) is 0 Å². The van der Waals surface area contributed by atoms with Crippen molar-refractivity contribution in [1.29, 1.82) is 0 Å². The van der Waals surface area contributed by atoms with E-state index in [1.165, 1.54) is 0 Å². The number of benzene rings is 1. The van der Waals surface area contributed by atoms with Crippen LogP contribution in [0.5, 0.6) is 5.88 Å². The van der Waals surface area contributed by atoms with Gasteiger partial charge in [0.15, 0.2) is 5.82 Å². The van der Waals surface area contributed by atoms with Gasteiger partial charge in [0, 0.05) is 25.3 Å². The van der Waals surface area contributed by atoms with Crippen LogP contribution in [0.25, 0.3) is 0 Å². The van der Waals surface area contributed by atoms with E-state index in [4.69, 9.17) is 9.26 Å². The quantitative estimate of drug-likeness (QED) is 0.623. The number of amides is 1. The number of carbonyl (C=O) groups excluding carboxylic acids is 1. The number of carbonyl (C=O) groups is 1. The number of hydrogen-bond acceptors (Lipinski definition) is 6. The Balaban J connectivity index is 1.40. The molecule has 0 saturated carbocycles. The van der Waals surface area contributed by atoms with Crippen LogP contribution in [-0.2, 0) is 24.2 Å². The molecule has 0 atom stereocenters. The van der Waals surface area contributed by atoms with Crippen molar-refractivity contribution in [2.45, 2.75) is 39.2 Å². The summed E-state index contributed by atoms with van der Waals surface area (Å²) in [6, 6.07) is 13.4. The van der Waals surface area contributed by atoms with Crippen molar-refractivity contribution in [1.82, 2.24) is 15.1 Å². The molecule has 0 fully saturated rings. The van der Waals surface area contributed by atoms with Crippen molar-refractivity contribution in [2.24, 2.45) is 0 Å². The lowest BCUT2D eigenvalue weighted by Crippen LogP contribution is -2.11. The number of hydrogen-bond donors (Lipinski definition) is 1. The molecule has 3 rings (SSSR count). The third kappa shape index (κ3) is 5.91. The first-order chi connectivity index (χ1) is 13.2. The Morgan fingerprint density at radius 2 is 2.04 bits per heavy atom. The zero-order chi connectivity index (χ0) is 18.9. The molecule has 1 N–H and O–H groups in total. The lowest BCUT2D eigenvalue weighted by molar-refractivity contribution is -0.116. The van der Waals surface area contributed by atoms with Crippen molar-refractivity contribution >= 4 is 11.6 Å². The largest absolute Gasteiger partial charge is 0.473 e. The van der Waals surface area contributed by atoms with Gasteiger partial charge in [0.2, 0.25) is 17.7 Å². The summed E-state index contributed by atoms with van der Waals surface area (Å²) in [5.74, 6) is 1.70. The maximum atomic E-state index is 12.0. The molecule has 0 bridgehead atoms. The molecule has 0 spiro atoms. The van der Waals surface area contributed by atoms with Gasteiger partial charge < -0.3 is 14.6 Å². The van der Waals surface area contributed by atoms with Crippen LogP contribution in [0, 0.1) is 0 Å². The summed E-state index contributed by atoms with van der Waals surface area (Å²) in [7, 11) is 0. The maximum absolute atomic E-state index is 12.0. The van der Waals surface area contributed by atoms with Gasteiger partial charge in [0.1, 0.15) is 6.61 Å². The Bertz CT molecular complexity index is 847. The Morgan fingerprint density at radius 1 is 1.19 bits per heavy atom. The Morgan fingerprint density at radius 3 is 2.74 bits per heavy atom. The van der Waals surface area contributed by atoms with Crippen molar-refractivity contribution in [3.05, 3.63) is 65.9 Å². The highest BCUT2D eigenvalue weighted by atomic mass is 16.5. The Hall–Kier alpha value is -3.22. The molecule has 0 aliphatic heterocycles. The summed E-state index contributed by atoms with van der Waals surface area (Å²) in [6.07, 6.45) is 3.93. The summed E-state index contributed by atoms with van der Waals surface area (Å²) in [5, 5.41) is 6.66. The average Bonchev–Trinajstić information content (AvgIpc) is 3.16. The monoisotopic (exact) mass is 366 g/mol. The third-order valence-electron chi connectivity index (χ3n) is 3.87. The van der Waals surface area contributed by atoms with Crippen LogP contribution in [0.15, 0.2) is 53.2 Å². The Kier molecular flexibility index (Phi) is 6.51. The zero-order valence-electron chi connectivity index (χ0n) is 15.2. The van der Waals surface area contributed by atoms with E-state index in [2.05, 4.69) is 20.4 Å². The predicted molar refractivity (Wildman–Crippen MR) is 100 cm³/mol. The van der Waals surface area contributed by atoms with Crippen LogP contribution in [0.2, 0.25) is 0 Å². The van der Waals surface area contributed by atoms with Gasteiger partial charge in [0.05, 0.1) is 11.9 Å². The van der Waals surface area contributed by atoms with E-state index in [0.717, 1.165) is 12.0 Å². The van der Waals surface area contributed by atoms with E-state index in [9.17, 15) is 4.79 Å². The first kappa shape index (κ1) is 18.6. The van der Waals surface area contributed by atoms with Crippen LogP contribution >= 0.6 is 0 Å². The van der Waals surface area contributed by atoms with Crippen molar-refractivity contribution in [3.8, 4) is 5.88 Å². The van der Waals surface area contributed by atoms with Gasteiger partial charge in [-0.25, -0.2) is 4.98 Å². The lowest BCUT2D eigenvalue weighted by atomic mass is 10.2. The highest BCUT2D eigenvalue weighted by molar-refractivity contribution is 5.90. The second kappa shape index (κ2) is 9.47. The van der Waals surface area contributed by atoms with Gasteiger partial charge in [-0.05, 0) is 18.1 Å². The first-order valence-corrected chi connectivity index (χ1v) is 8.97. The second-order valence-electron chi connectivity index (χ2n) is 6.02. The second-order valence-corrected chi connectivity index (χ2v) is 6.02. The van der Waals surface area contributed by atoms with E-state index in [-0.39, 0.29) is 5.91 Å². The van der Waals surface area contributed by atoms with E-state index < -0.39 is 0 Å². The number of nitrogens with one attached hydrogen (secondary N) is 1. The number of nitrogens with zero attached hydrogens (tertiary/aromatic N) is 3. The van der Waals surface area contributed by atoms with Gasteiger partial charge in [-0.2, -0.15) is 4.98 Å². The minimum atomic E-state index is -0.0787. The summed E-state index contributed by atoms with van der Waals surface area (Å²) in [5.41, 5.74) is 1.71. The highest BCUT2D eigenvalue weighted by Gasteiger charge is 2.07. The molecule has 1 aromatic carbocycles. The van der Waals surface area contributed by atoms with E-state index >= 15 is 0 Å². The number of ether oxygens (including phenoxy) is 1. The zero-order valence-corrected chi connectivity index (χ0v) is 15.2.